The van der Waals surface area contributed by atoms with Gasteiger partial charge in [-0.3, -0.25) is 4.79 Å². The van der Waals surface area contributed by atoms with Crippen molar-refractivity contribution in [1.29, 1.82) is 0 Å². The highest BCUT2D eigenvalue weighted by Crippen LogP contribution is 2.28. The van der Waals surface area contributed by atoms with Crippen LogP contribution in [-0.4, -0.2) is 18.5 Å². The van der Waals surface area contributed by atoms with Gasteiger partial charge >= 0.3 is 6.18 Å². The van der Waals surface area contributed by atoms with E-state index in [2.05, 4.69) is 10.6 Å². The van der Waals surface area contributed by atoms with E-state index in [1.807, 2.05) is 13.8 Å². The lowest BCUT2D eigenvalue weighted by Gasteiger charge is -2.11. The van der Waals surface area contributed by atoms with Crippen LogP contribution in [0.2, 0.25) is 0 Å². The number of hydrogen-bond acceptors (Lipinski definition) is 2. The van der Waals surface area contributed by atoms with Crippen LogP contribution < -0.4 is 10.6 Å². The minimum Gasteiger partial charge on any atom is -0.354 e. The van der Waals surface area contributed by atoms with Crippen molar-refractivity contribution in [3.8, 4) is 0 Å². The van der Waals surface area contributed by atoms with Crippen molar-refractivity contribution in [2.45, 2.75) is 45.5 Å². The lowest BCUT2D eigenvalue weighted by atomic mass is 10.1. The van der Waals surface area contributed by atoms with E-state index in [0.29, 0.717) is 19.5 Å². The molecule has 0 saturated carbocycles. The Balaban J connectivity index is 2.28. The second kappa shape index (κ2) is 8.02. The van der Waals surface area contributed by atoms with Crippen LogP contribution >= 0.6 is 0 Å². The maximum absolute atomic E-state index is 12.4. The molecule has 0 aliphatic heterocycles. The molecular formula is C15H21F3N2O. The lowest BCUT2D eigenvalue weighted by molar-refractivity contribution is -0.137. The van der Waals surface area contributed by atoms with Gasteiger partial charge in [-0.1, -0.05) is 19.1 Å². The van der Waals surface area contributed by atoms with Gasteiger partial charge in [0, 0.05) is 25.6 Å². The molecule has 118 valence electrons. The third-order valence-electron chi connectivity index (χ3n) is 3.16. The van der Waals surface area contributed by atoms with Crippen molar-refractivity contribution in [1.82, 2.24) is 10.6 Å². The molecule has 1 amide bonds. The van der Waals surface area contributed by atoms with Gasteiger partial charge in [-0.2, -0.15) is 13.2 Å². The van der Waals surface area contributed by atoms with Crippen LogP contribution in [0.15, 0.2) is 24.3 Å². The van der Waals surface area contributed by atoms with Gasteiger partial charge in [-0.25, -0.2) is 0 Å². The molecule has 0 fully saturated rings. The number of hydrogen-bond donors (Lipinski definition) is 2. The van der Waals surface area contributed by atoms with E-state index in [-0.39, 0.29) is 11.9 Å². The zero-order valence-electron chi connectivity index (χ0n) is 12.3. The van der Waals surface area contributed by atoms with Gasteiger partial charge in [0.15, 0.2) is 0 Å². The van der Waals surface area contributed by atoms with Crippen molar-refractivity contribution in [3.63, 3.8) is 0 Å². The van der Waals surface area contributed by atoms with E-state index in [9.17, 15) is 18.0 Å². The molecule has 0 saturated heterocycles. The standard InChI is InChI=1S/C15H21F3N2O/c1-3-11(2)20-14(21)8-9-19-10-12-4-6-13(7-5-12)15(16,17)18/h4-7,11,19H,3,8-10H2,1-2H3,(H,20,21). The molecule has 1 unspecified atom stereocenters. The Labute approximate surface area is 122 Å². The van der Waals surface area contributed by atoms with Gasteiger partial charge in [0.25, 0.3) is 0 Å². The fourth-order valence-corrected chi connectivity index (χ4v) is 1.70. The van der Waals surface area contributed by atoms with Crippen molar-refractivity contribution in [2.75, 3.05) is 6.54 Å². The van der Waals surface area contributed by atoms with E-state index in [0.717, 1.165) is 24.1 Å². The molecule has 0 spiro atoms. The molecule has 1 aromatic carbocycles. The van der Waals surface area contributed by atoms with Gasteiger partial charge in [0.05, 0.1) is 5.56 Å². The summed E-state index contributed by atoms with van der Waals surface area (Å²) in [5.41, 5.74) is 0.101. The number of halogens is 3. The van der Waals surface area contributed by atoms with Crippen LogP contribution in [0.1, 0.15) is 37.8 Å². The highest BCUT2D eigenvalue weighted by Gasteiger charge is 2.29. The zero-order chi connectivity index (χ0) is 15.9. The second-order valence-electron chi connectivity index (χ2n) is 5.00. The van der Waals surface area contributed by atoms with Crippen LogP contribution in [0.25, 0.3) is 0 Å². The van der Waals surface area contributed by atoms with E-state index >= 15 is 0 Å². The minimum absolute atomic E-state index is 0.0238. The highest BCUT2D eigenvalue weighted by atomic mass is 19.4. The van der Waals surface area contributed by atoms with Crippen LogP contribution in [0.3, 0.4) is 0 Å². The summed E-state index contributed by atoms with van der Waals surface area (Å²) in [6, 6.07) is 5.16. The topological polar surface area (TPSA) is 41.1 Å². The maximum atomic E-state index is 12.4. The third kappa shape index (κ3) is 6.62. The number of benzene rings is 1. The number of carbonyl (C=O) groups is 1. The first-order valence-corrected chi connectivity index (χ1v) is 6.99. The van der Waals surface area contributed by atoms with E-state index in [4.69, 9.17) is 0 Å². The Morgan fingerprint density at radius 3 is 2.38 bits per heavy atom. The van der Waals surface area contributed by atoms with E-state index in [1.54, 1.807) is 0 Å². The molecule has 0 aliphatic rings. The van der Waals surface area contributed by atoms with E-state index in [1.165, 1.54) is 12.1 Å². The molecule has 0 aliphatic carbocycles. The summed E-state index contributed by atoms with van der Waals surface area (Å²) in [5, 5.41) is 5.89. The molecule has 3 nitrogen and oxygen atoms in total. The van der Waals surface area contributed by atoms with Crippen LogP contribution in [-0.2, 0) is 17.5 Å². The molecule has 1 aromatic rings. The van der Waals surface area contributed by atoms with Gasteiger partial charge in [-0.05, 0) is 31.0 Å². The molecule has 1 rings (SSSR count). The van der Waals surface area contributed by atoms with Crippen molar-refractivity contribution < 1.29 is 18.0 Å². The molecule has 0 aromatic heterocycles. The Morgan fingerprint density at radius 1 is 1.24 bits per heavy atom. The molecule has 0 radical (unpaired) electrons. The first-order valence-electron chi connectivity index (χ1n) is 6.99. The Hall–Kier alpha value is -1.56. The normalized spacial score (nSPS) is 13.0. The summed E-state index contributed by atoms with van der Waals surface area (Å²) >= 11 is 0. The van der Waals surface area contributed by atoms with E-state index < -0.39 is 11.7 Å². The van der Waals surface area contributed by atoms with Gasteiger partial charge in [0.1, 0.15) is 0 Å². The second-order valence-corrected chi connectivity index (χ2v) is 5.00. The van der Waals surface area contributed by atoms with Crippen molar-refractivity contribution in [3.05, 3.63) is 35.4 Å². The summed E-state index contributed by atoms with van der Waals surface area (Å²) in [4.78, 5) is 11.5. The van der Waals surface area contributed by atoms with Crippen molar-refractivity contribution in [2.24, 2.45) is 0 Å². The summed E-state index contributed by atoms with van der Waals surface area (Å²) < 4.78 is 37.2. The Morgan fingerprint density at radius 2 is 1.86 bits per heavy atom. The SMILES string of the molecule is CCC(C)NC(=O)CCNCc1ccc(C(F)(F)F)cc1. The first kappa shape index (κ1) is 17.5. The quantitative estimate of drug-likeness (QED) is 0.760. The first-order chi connectivity index (χ1) is 9.82. The fourth-order valence-electron chi connectivity index (χ4n) is 1.70. The van der Waals surface area contributed by atoms with Gasteiger partial charge in [-0.15, -0.1) is 0 Å². The van der Waals surface area contributed by atoms with Gasteiger partial charge < -0.3 is 10.6 Å². The number of nitrogens with one attached hydrogen (secondary N) is 2. The molecule has 21 heavy (non-hydrogen) atoms. The number of carbonyl (C=O) groups excluding carboxylic acids is 1. The molecule has 6 heteroatoms. The molecule has 2 N–H and O–H groups in total. The Kier molecular flexibility index (Phi) is 6.68. The predicted molar refractivity (Wildman–Crippen MR) is 75.7 cm³/mol. The predicted octanol–water partition coefficient (Wildman–Crippen LogP) is 3.10. The monoisotopic (exact) mass is 302 g/mol. The molecule has 0 heterocycles. The largest absolute Gasteiger partial charge is 0.416 e. The Bertz CT molecular complexity index is 443. The number of amides is 1. The van der Waals surface area contributed by atoms with Crippen LogP contribution in [0.5, 0.6) is 0 Å². The number of alkyl halides is 3. The summed E-state index contributed by atoms with van der Waals surface area (Å²) in [6.45, 7) is 4.86. The van der Waals surface area contributed by atoms with Crippen LogP contribution in [0.4, 0.5) is 13.2 Å². The summed E-state index contributed by atoms with van der Waals surface area (Å²) in [5.74, 6) is -0.0238. The van der Waals surface area contributed by atoms with Crippen molar-refractivity contribution >= 4 is 5.91 Å². The maximum Gasteiger partial charge on any atom is 0.416 e. The minimum atomic E-state index is -4.31. The summed E-state index contributed by atoms with van der Waals surface area (Å²) in [6.07, 6.45) is -3.07. The average molecular weight is 302 g/mol. The lowest BCUT2D eigenvalue weighted by Crippen LogP contribution is -2.33. The van der Waals surface area contributed by atoms with Gasteiger partial charge in [0.2, 0.25) is 5.91 Å². The molecule has 0 bridgehead atoms. The smallest absolute Gasteiger partial charge is 0.354 e. The molecular weight excluding hydrogens is 281 g/mol. The fraction of sp³-hybridized carbons (Fsp3) is 0.533. The summed E-state index contributed by atoms with van der Waals surface area (Å²) in [7, 11) is 0. The number of rotatable bonds is 7. The molecule has 1 atom stereocenters. The van der Waals surface area contributed by atoms with Crippen LogP contribution in [0, 0.1) is 0 Å². The third-order valence-corrected chi connectivity index (χ3v) is 3.16. The average Bonchev–Trinajstić information content (AvgIpc) is 2.43. The zero-order valence-corrected chi connectivity index (χ0v) is 12.3. The highest BCUT2D eigenvalue weighted by molar-refractivity contribution is 5.76.